The molecule has 11 heteroatoms. The van der Waals surface area contributed by atoms with E-state index in [0.29, 0.717) is 48.5 Å². The molecule has 0 radical (unpaired) electrons. The van der Waals surface area contributed by atoms with Crippen LogP contribution in [0.5, 0.6) is 0 Å². The first-order chi connectivity index (χ1) is 14.7. The lowest BCUT2D eigenvalue weighted by Crippen LogP contribution is -2.45. The molecular formula is C20H25N7O3S. The van der Waals surface area contributed by atoms with E-state index in [0.717, 1.165) is 6.42 Å². The number of hydrogen-bond acceptors (Lipinski definition) is 7. The summed E-state index contributed by atoms with van der Waals surface area (Å²) in [6.07, 6.45) is 3.38. The number of aromatic nitrogens is 2. The molecule has 1 aromatic carbocycles. The van der Waals surface area contributed by atoms with Gasteiger partial charge in [0, 0.05) is 17.3 Å². The number of amidine groups is 1. The second-order valence-corrected chi connectivity index (χ2v) is 10.5. The van der Waals surface area contributed by atoms with Crippen LogP contribution in [0.3, 0.4) is 0 Å². The number of nitrogen functional groups attached to an aromatic ring is 1. The maximum absolute atomic E-state index is 13.1. The summed E-state index contributed by atoms with van der Waals surface area (Å²) in [6, 6.07) is 7.90. The van der Waals surface area contributed by atoms with Gasteiger partial charge in [-0.25, -0.2) is 23.2 Å². The Morgan fingerprint density at radius 3 is 2.42 bits per heavy atom. The molecule has 4 rings (SSSR count). The van der Waals surface area contributed by atoms with Gasteiger partial charge in [-0.2, -0.15) is 0 Å². The molecule has 31 heavy (non-hydrogen) atoms. The number of urea groups is 1. The molecule has 1 heterocycles. The van der Waals surface area contributed by atoms with E-state index in [4.69, 9.17) is 16.9 Å². The summed E-state index contributed by atoms with van der Waals surface area (Å²) in [4.78, 5) is 20.7. The number of nitrogens with two attached hydrogens (primary N) is 2. The Morgan fingerprint density at radius 2 is 1.87 bits per heavy atom. The topological polar surface area (TPSA) is 177 Å². The van der Waals surface area contributed by atoms with Crippen molar-refractivity contribution in [1.29, 1.82) is 5.41 Å². The first-order valence-electron chi connectivity index (χ1n) is 10.1. The van der Waals surface area contributed by atoms with Crippen LogP contribution in [0.2, 0.25) is 0 Å². The smallest absolute Gasteiger partial charge is 0.319 e. The number of carbonyl (C=O) groups excluding carboxylic acids is 1. The van der Waals surface area contributed by atoms with Gasteiger partial charge in [-0.3, -0.25) is 5.41 Å². The minimum Gasteiger partial charge on any atom is -0.386 e. The van der Waals surface area contributed by atoms with Crippen LogP contribution in [-0.4, -0.2) is 42.0 Å². The van der Waals surface area contributed by atoms with Gasteiger partial charge >= 0.3 is 6.03 Å². The Bertz CT molecular complexity index is 1120. The van der Waals surface area contributed by atoms with E-state index in [2.05, 4.69) is 20.6 Å². The lowest BCUT2D eigenvalue weighted by molar-refractivity contribution is 0.253. The number of anilines is 2. The van der Waals surface area contributed by atoms with Crippen molar-refractivity contribution < 1.29 is 13.2 Å². The summed E-state index contributed by atoms with van der Waals surface area (Å²) < 4.78 is 25.3. The van der Waals surface area contributed by atoms with E-state index in [-0.39, 0.29) is 23.4 Å². The summed E-state index contributed by atoms with van der Waals surface area (Å²) >= 11 is 0. The molecular weight excluding hydrogens is 418 g/mol. The highest BCUT2D eigenvalue weighted by Gasteiger charge is 2.57. The van der Waals surface area contributed by atoms with Gasteiger partial charge in [0.05, 0.1) is 17.5 Å². The monoisotopic (exact) mass is 443 g/mol. The third-order valence-electron chi connectivity index (χ3n) is 5.72. The van der Waals surface area contributed by atoms with Crippen molar-refractivity contribution >= 4 is 33.2 Å². The van der Waals surface area contributed by atoms with Gasteiger partial charge in [-0.1, -0.05) is 0 Å². The van der Waals surface area contributed by atoms with Gasteiger partial charge in [0.15, 0.2) is 15.7 Å². The summed E-state index contributed by atoms with van der Waals surface area (Å²) in [7, 11) is -3.32. The fraction of sp³-hybridized carbons (Fsp3) is 0.400. The van der Waals surface area contributed by atoms with Crippen LogP contribution in [0.25, 0.3) is 11.4 Å². The molecule has 0 bridgehead atoms. The van der Waals surface area contributed by atoms with E-state index >= 15 is 0 Å². The SMILES string of the molecule is N=C(N)CNC(=O)Nc1ccc(-c2nc(N)cc(C3(S(=O)(=O)C4CC4)CCC3)n2)cc1. The molecule has 2 amide bonds. The largest absolute Gasteiger partial charge is 0.386 e. The molecule has 2 aromatic rings. The molecule has 0 saturated heterocycles. The number of benzene rings is 1. The second-order valence-electron chi connectivity index (χ2n) is 8.00. The molecule has 164 valence electrons. The Morgan fingerprint density at radius 1 is 1.19 bits per heavy atom. The van der Waals surface area contributed by atoms with Crippen molar-refractivity contribution in [1.82, 2.24) is 15.3 Å². The zero-order valence-electron chi connectivity index (χ0n) is 16.9. The van der Waals surface area contributed by atoms with Crippen LogP contribution in [0.15, 0.2) is 30.3 Å². The fourth-order valence-electron chi connectivity index (χ4n) is 3.76. The first kappa shape index (κ1) is 21.0. The third-order valence-corrected chi connectivity index (χ3v) is 8.78. The van der Waals surface area contributed by atoms with Crippen molar-refractivity contribution in [2.45, 2.75) is 42.1 Å². The highest BCUT2D eigenvalue weighted by molar-refractivity contribution is 7.93. The van der Waals surface area contributed by atoms with Crippen molar-refractivity contribution in [3.63, 3.8) is 0 Å². The predicted octanol–water partition coefficient (Wildman–Crippen LogP) is 1.74. The average Bonchev–Trinajstić information content (AvgIpc) is 3.51. The summed E-state index contributed by atoms with van der Waals surface area (Å²) in [6.45, 7) is -0.0463. The standard InChI is InChI=1S/C20H25N7O3S/c21-16(22)11-24-19(28)25-13-4-2-12(3-5-13)18-26-15(10-17(23)27-18)20(8-1-9-20)31(29,30)14-6-7-14/h2-5,10,14H,1,6-9,11H2,(H3,21,22)(H2,23,26,27)(H2,24,25,28). The predicted molar refractivity (Wildman–Crippen MR) is 118 cm³/mol. The quantitative estimate of drug-likeness (QED) is 0.319. The van der Waals surface area contributed by atoms with Crippen LogP contribution < -0.4 is 22.1 Å². The number of hydrogen-bond donors (Lipinski definition) is 5. The summed E-state index contributed by atoms with van der Waals surface area (Å²) in [5.41, 5.74) is 12.9. The van der Waals surface area contributed by atoms with E-state index in [1.807, 2.05) is 0 Å². The highest BCUT2D eigenvalue weighted by atomic mass is 32.2. The molecule has 2 saturated carbocycles. The molecule has 0 unspecified atom stereocenters. The number of sulfone groups is 1. The van der Waals surface area contributed by atoms with Gasteiger partial charge in [0.1, 0.15) is 16.4 Å². The number of rotatable bonds is 7. The minimum absolute atomic E-state index is 0.0463. The summed E-state index contributed by atoms with van der Waals surface area (Å²) in [5.74, 6) is 0.427. The van der Waals surface area contributed by atoms with Gasteiger partial charge in [-0.15, -0.1) is 0 Å². The molecule has 0 spiro atoms. The Hall–Kier alpha value is -3.21. The Balaban J connectivity index is 1.58. The van der Waals surface area contributed by atoms with Crippen LogP contribution in [0, 0.1) is 5.41 Å². The first-order valence-corrected chi connectivity index (χ1v) is 11.6. The zero-order valence-corrected chi connectivity index (χ0v) is 17.7. The minimum atomic E-state index is -3.32. The third kappa shape index (κ3) is 4.05. The number of nitrogens with one attached hydrogen (secondary N) is 3. The van der Waals surface area contributed by atoms with E-state index in [1.165, 1.54) is 0 Å². The van der Waals surface area contributed by atoms with Crippen LogP contribution in [0.4, 0.5) is 16.3 Å². The molecule has 10 nitrogen and oxygen atoms in total. The lowest BCUT2D eigenvalue weighted by atomic mass is 9.81. The van der Waals surface area contributed by atoms with Crippen molar-refractivity contribution in [3.8, 4) is 11.4 Å². The lowest BCUT2D eigenvalue weighted by Gasteiger charge is -2.40. The molecule has 7 N–H and O–H groups in total. The summed E-state index contributed by atoms with van der Waals surface area (Å²) in [5, 5.41) is 11.9. The molecule has 0 atom stereocenters. The van der Waals surface area contributed by atoms with Gasteiger partial charge in [0.25, 0.3) is 0 Å². The van der Waals surface area contributed by atoms with E-state index in [1.54, 1.807) is 30.3 Å². The van der Waals surface area contributed by atoms with Crippen LogP contribution in [0.1, 0.15) is 37.8 Å². The number of amides is 2. The molecule has 2 fully saturated rings. The second kappa shape index (κ2) is 7.80. The zero-order chi connectivity index (χ0) is 22.2. The maximum Gasteiger partial charge on any atom is 0.319 e. The molecule has 2 aliphatic carbocycles. The fourth-order valence-corrected chi connectivity index (χ4v) is 6.41. The maximum atomic E-state index is 13.1. The Labute approximate surface area is 180 Å². The van der Waals surface area contributed by atoms with Crippen LogP contribution >= 0.6 is 0 Å². The molecule has 1 aromatic heterocycles. The van der Waals surface area contributed by atoms with Crippen molar-refractivity contribution in [3.05, 3.63) is 36.0 Å². The van der Waals surface area contributed by atoms with Crippen molar-refractivity contribution in [2.75, 3.05) is 17.6 Å². The molecule has 0 aliphatic heterocycles. The average molecular weight is 444 g/mol. The van der Waals surface area contributed by atoms with Gasteiger partial charge in [-0.05, 0) is 56.4 Å². The van der Waals surface area contributed by atoms with E-state index < -0.39 is 20.6 Å². The van der Waals surface area contributed by atoms with Crippen molar-refractivity contribution in [2.24, 2.45) is 5.73 Å². The Kier molecular flexibility index (Phi) is 5.29. The van der Waals surface area contributed by atoms with Gasteiger partial charge in [0.2, 0.25) is 0 Å². The van der Waals surface area contributed by atoms with Crippen LogP contribution in [-0.2, 0) is 14.6 Å². The number of nitrogens with zero attached hydrogens (tertiary/aromatic N) is 2. The highest BCUT2D eigenvalue weighted by Crippen LogP contribution is 2.53. The normalized spacial score (nSPS) is 17.4. The van der Waals surface area contributed by atoms with Gasteiger partial charge < -0.3 is 22.1 Å². The van der Waals surface area contributed by atoms with E-state index in [9.17, 15) is 13.2 Å². The number of carbonyl (C=O) groups is 1. The molecule has 2 aliphatic rings.